The van der Waals surface area contributed by atoms with Crippen LogP contribution in [0.1, 0.15) is 50.5 Å². The summed E-state index contributed by atoms with van der Waals surface area (Å²) in [6.07, 6.45) is 2.75. The Hall–Kier alpha value is -3.49. The van der Waals surface area contributed by atoms with Crippen LogP contribution in [0.3, 0.4) is 0 Å². The average Bonchev–Trinajstić information content (AvgIpc) is 3.35. The number of rotatable bonds is 8. The van der Waals surface area contributed by atoms with Gasteiger partial charge in [-0.3, -0.25) is 14.4 Å². The number of nitriles is 1. The minimum Gasteiger partial charge on any atom is -0.347 e. The molecule has 10 nitrogen and oxygen atoms in total. The molecular formula is C27H32ClN5O5S. The lowest BCUT2D eigenvalue weighted by Gasteiger charge is -2.35. The van der Waals surface area contributed by atoms with E-state index in [1.807, 2.05) is 45.0 Å². The van der Waals surface area contributed by atoms with Gasteiger partial charge in [-0.2, -0.15) is 5.26 Å². The number of benzene rings is 1. The predicted molar refractivity (Wildman–Crippen MR) is 148 cm³/mol. The number of likely N-dealkylation sites (tertiary alicyclic amines) is 1. The van der Waals surface area contributed by atoms with Crippen LogP contribution in [0.15, 0.2) is 46.8 Å². The van der Waals surface area contributed by atoms with Gasteiger partial charge in [0.2, 0.25) is 11.8 Å². The minimum absolute atomic E-state index is 0.167. The molecule has 2 heterocycles. The van der Waals surface area contributed by atoms with Gasteiger partial charge in [0, 0.05) is 18.2 Å². The summed E-state index contributed by atoms with van der Waals surface area (Å²) in [6, 6.07) is 9.88. The number of hydrogen-bond acceptors (Lipinski definition) is 7. The van der Waals surface area contributed by atoms with Crippen LogP contribution < -0.4 is 10.6 Å². The molecular weight excluding hydrogens is 542 g/mol. The first-order valence-electron chi connectivity index (χ1n) is 12.4. The fraction of sp³-hybridized carbons (Fsp3) is 0.444. The lowest BCUT2D eigenvalue weighted by molar-refractivity contribution is -0.142. The summed E-state index contributed by atoms with van der Waals surface area (Å²) in [5, 5.41) is 15.5. The minimum atomic E-state index is -3.71. The van der Waals surface area contributed by atoms with E-state index in [-0.39, 0.29) is 12.1 Å². The number of halogens is 1. The number of carbonyl (C=O) groups is 3. The third-order valence-electron chi connectivity index (χ3n) is 6.38. The highest BCUT2D eigenvalue weighted by atomic mass is 35.5. The molecule has 3 amide bonds. The Morgan fingerprint density at radius 2 is 1.90 bits per heavy atom. The summed E-state index contributed by atoms with van der Waals surface area (Å²) in [5.74, 6) is -1.47. The number of carbonyl (C=O) groups excluding carboxylic acids is 3. The van der Waals surface area contributed by atoms with E-state index < -0.39 is 55.5 Å². The third-order valence-corrected chi connectivity index (χ3v) is 8.19. The standard InChI is InChI=1S/C27H32ClN5O5S/c1-27(2,3)23(32-24(34)20-12-11-17-8-5-6-9-19(17)31-20)26(36)33-15-7-10-21(33)25(35)30-18(13-14-29)16-22(28)39(4,37)38/h5-6,8-9,11-12,16,18,21,23H,7,10,13,15H2,1-4H3,(H,30,35)(H,32,34)/b22-16+/t18-,21+,23+/m0/s1. The van der Waals surface area contributed by atoms with Crippen molar-refractivity contribution >= 4 is 50.1 Å². The number of nitrogens with one attached hydrogen (secondary N) is 2. The predicted octanol–water partition coefficient (Wildman–Crippen LogP) is 2.89. The van der Waals surface area contributed by atoms with Crippen LogP contribution in [0.25, 0.3) is 10.9 Å². The SMILES string of the molecule is CC(C)(C)[C@H](NC(=O)c1ccc2ccccc2n1)C(=O)N1CCC[C@@H]1C(=O)N[C@H](/C=C(\Cl)S(C)(=O)=O)CC#N. The normalized spacial score (nSPS) is 17.8. The van der Waals surface area contributed by atoms with Crippen molar-refractivity contribution in [2.75, 3.05) is 12.8 Å². The average molecular weight is 574 g/mol. The molecule has 2 N–H and O–H groups in total. The number of amides is 3. The summed E-state index contributed by atoms with van der Waals surface area (Å²) < 4.78 is 22.9. The fourth-order valence-electron chi connectivity index (χ4n) is 4.33. The molecule has 0 unspecified atom stereocenters. The number of pyridine rings is 1. The van der Waals surface area contributed by atoms with E-state index >= 15 is 0 Å². The highest BCUT2D eigenvalue weighted by Gasteiger charge is 2.42. The second-order valence-corrected chi connectivity index (χ2v) is 13.2. The van der Waals surface area contributed by atoms with Crippen molar-refractivity contribution in [2.24, 2.45) is 5.41 Å². The van der Waals surface area contributed by atoms with E-state index in [1.54, 1.807) is 18.2 Å². The van der Waals surface area contributed by atoms with Crippen LogP contribution in [-0.4, -0.2) is 66.9 Å². The quantitative estimate of drug-likeness (QED) is 0.493. The van der Waals surface area contributed by atoms with E-state index in [1.165, 1.54) is 4.90 Å². The van der Waals surface area contributed by atoms with Gasteiger partial charge >= 0.3 is 0 Å². The highest BCUT2D eigenvalue weighted by molar-refractivity contribution is 7.96. The third kappa shape index (κ3) is 7.55. The Bertz CT molecular complexity index is 1440. The Kier molecular flexibility index (Phi) is 9.35. The second-order valence-electron chi connectivity index (χ2n) is 10.6. The second kappa shape index (κ2) is 12.1. The maximum Gasteiger partial charge on any atom is 0.270 e. The van der Waals surface area contributed by atoms with Crippen LogP contribution in [0.2, 0.25) is 0 Å². The van der Waals surface area contributed by atoms with Crippen LogP contribution >= 0.6 is 11.6 Å². The van der Waals surface area contributed by atoms with Crippen molar-refractivity contribution in [3.05, 3.63) is 52.5 Å². The van der Waals surface area contributed by atoms with Crippen molar-refractivity contribution in [1.82, 2.24) is 20.5 Å². The van der Waals surface area contributed by atoms with Gasteiger partial charge in [0.15, 0.2) is 9.84 Å². The van der Waals surface area contributed by atoms with Crippen molar-refractivity contribution in [1.29, 1.82) is 5.26 Å². The molecule has 1 fully saturated rings. The summed E-state index contributed by atoms with van der Waals surface area (Å²) >= 11 is 5.84. The molecule has 0 bridgehead atoms. The zero-order chi connectivity index (χ0) is 29.0. The molecule has 3 rings (SSSR count). The summed E-state index contributed by atoms with van der Waals surface area (Å²) in [6.45, 7) is 5.75. The zero-order valence-electron chi connectivity index (χ0n) is 22.3. The first-order chi connectivity index (χ1) is 18.2. The Labute approximate surface area is 233 Å². The van der Waals surface area contributed by atoms with Gasteiger partial charge in [-0.05, 0) is 36.5 Å². The van der Waals surface area contributed by atoms with Gasteiger partial charge in [-0.25, -0.2) is 13.4 Å². The van der Waals surface area contributed by atoms with Gasteiger partial charge in [0.25, 0.3) is 5.91 Å². The van der Waals surface area contributed by atoms with E-state index in [0.29, 0.717) is 24.9 Å². The molecule has 2 aromatic rings. The molecule has 1 aromatic carbocycles. The van der Waals surface area contributed by atoms with Gasteiger partial charge in [0.05, 0.1) is 24.0 Å². The Morgan fingerprint density at radius 3 is 2.54 bits per heavy atom. The molecule has 208 valence electrons. The lowest BCUT2D eigenvalue weighted by atomic mass is 9.85. The van der Waals surface area contributed by atoms with E-state index in [4.69, 9.17) is 16.9 Å². The van der Waals surface area contributed by atoms with Crippen LogP contribution in [0.4, 0.5) is 0 Å². The number of sulfone groups is 1. The molecule has 3 atom stereocenters. The van der Waals surface area contributed by atoms with Gasteiger partial charge in [-0.15, -0.1) is 0 Å². The highest BCUT2D eigenvalue weighted by Crippen LogP contribution is 2.26. The van der Waals surface area contributed by atoms with Crippen molar-refractivity contribution < 1.29 is 22.8 Å². The maximum atomic E-state index is 13.8. The summed E-state index contributed by atoms with van der Waals surface area (Å²) in [5.41, 5.74) is 0.125. The van der Waals surface area contributed by atoms with Gasteiger partial charge in [0.1, 0.15) is 22.1 Å². The Morgan fingerprint density at radius 1 is 1.21 bits per heavy atom. The first-order valence-corrected chi connectivity index (χ1v) is 14.7. The monoisotopic (exact) mass is 573 g/mol. The molecule has 1 aliphatic heterocycles. The van der Waals surface area contributed by atoms with Crippen LogP contribution in [-0.2, 0) is 19.4 Å². The number of hydrogen-bond donors (Lipinski definition) is 2. The smallest absolute Gasteiger partial charge is 0.270 e. The van der Waals surface area contributed by atoms with Gasteiger partial charge < -0.3 is 15.5 Å². The zero-order valence-corrected chi connectivity index (χ0v) is 23.8. The molecule has 1 saturated heterocycles. The molecule has 0 saturated carbocycles. The van der Waals surface area contributed by atoms with Gasteiger partial charge in [-0.1, -0.05) is 56.6 Å². The summed E-state index contributed by atoms with van der Waals surface area (Å²) in [7, 11) is -3.71. The molecule has 0 aliphatic carbocycles. The van der Waals surface area contributed by atoms with E-state index in [2.05, 4.69) is 15.6 Å². The number of nitrogens with zero attached hydrogens (tertiary/aromatic N) is 3. The fourth-order valence-corrected chi connectivity index (χ4v) is 4.89. The van der Waals surface area contributed by atoms with Crippen LogP contribution in [0, 0.1) is 16.7 Å². The number of para-hydroxylation sites is 1. The maximum absolute atomic E-state index is 13.8. The Balaban J connectivity index is 1.80. The first kappa shape index (κ1) is 30.1. The molecule has 1 aromatic heterocycles. The van der Waals surface area contributed by atoms with Crippen molar-refractivity contribution in [3.8, 4) is 6.07 Å². The largest absolute Gasteiger partial charge is 0.347 e. The lowest BCUT2D eigenvalue weighted by Crippen LogP contribution is -2.58. The molecule has 12 heteroatoms. The van der Waals surface area contributed by atoms with E-state index in [0.717, 1.165) is 17.7 Å². The molecule has 1 aliphatic rings. The summed E-state index contributed by atoms with van der Waals surface area (Å²) in [4.78, 5) is 45.9. The number of aromatic nitrogens is 1. The van der Waals surface area contributed by atoms with Crippen molar-refractivity contribution in [3.63, 3.8) is 0 Å². The molecule has 39 heavy (non-hydrogen) atoms. The van der Waals surface area contributed by atoms with Crippen LogP contribution in [0.5, 0.6) is 0 Å². The topological polar surface area (TPSA) is 149 Å². The molecule has 0 radical (unpaired) electrons. The van der Waals surface area contributed by atoms with E-state index in [9.17, 15) is 22.8 Å². The number of fused-ring (bicyclic) bond motifs is 1. The van der Waals surface area contributed by atoms with Crippen molar-refractivity contribution in [2.45, 2.75) is 58.2 Å². The molecule has 0 spiro atoms.